The van der Waals surface area contributed by atoms with E-state index in [-0.39, 0.29) is 12.5 Å². The van der Waals surface area contributed by atoms with Gasteiger partial charge in [-0.15, -0.1) is 11.8 Å². The third kappa shape index (κ3) is 4.81. The first-order valence-electron chi connectivity index (χ1n) is 6.48. The third-order valence-electron chi connectivity index (χ3n) is 2.85. The second kappa shape index (κ2) is 7.71. The number of anilines is 1. The lowest BCUT2D eigenvalue weighted by Gasteiger charge is -2.06. The van der Waals surface area contributed by atoms with Gasteiger partial charge in [-0.05, 0) is 42.0 Å². The summed E-state index contributed by atoms with van der Waals surface area (Å²) in [4.78, 5) is 12.9. The van der Waals surface area contributed by atoms with Crippen LogP contribution in [0, 0.1) is 0 Å². The van der Waals surface area contributed by atoms with E-state index in [1.165, 1.54) is 11.8 Å². The summed E-state index contributed by atoms with van der Waals surface area (Å²) < 4.78 is 5.06. The molecule has 0 spiro atoms. The van der Waals surface area contributed by atoms with Gasteiger partial charge in [0.15, 0.2) is 0 Å². The van der Waals surface area contributed by atoms with Crippen LogP contribution in [-0.2, 0) is 11.4 Å². The van der Waals surface area contributed by atoms with Gasteiger partial charge in [0.05, 0.1) is 19.5 Å². The average Bonchev–Trinajstić information content (AvgIpc) is 2.54. The monoisotopic (exact) mass is 303 g/mol. The molecule has 1 amide bonds. The van der Waals surface area contributed by atoms with Gasteiger partial charge in [0.25, 0.3) is 0 Å². The van der Waals surface area contributed by atoms with E-state index in [4.69, 9.17) is 9.84 Å². The number of nitrogens with one attached hydrogen (secondary N) is 1. The van der Waals surface area contributed by atoms with Crippen LogP contribution in [0.1, 0.15) is 5.56 Å². The molecule has 2 aromatic rings. The van der Waals surface area contributed by atoms with Crippen LogP contribution in [0.2, 0.25) is 0 Å². The number of hydrogen-bond acceptors (Lipinski definition) is 4. The summed E-state index contributed by atoms with van der Waals surface area (Å²) in [6.07, 6.45) is 0. The van der Waals surface area contributed by atoms with E-state index in [1.54, 1.807) is 31.4 Å². The van der Waals surface area contributed by atoms with E-state index >= 15 is 0 Å². The van der Waals surface area contributed by atoms with E-state index in [2.05, 4.69) is 5.32 Å². The van der Waals surface area contributed by atoms with Crippen LogP contribution >= 0.6 is 11.8 Å². The predicted octanol–water partition coefficient (Wildman–Crippen LogP) is 2.92. The molecule has 0 saturated carbocycles. The molecule has 0 aliphatic carbocycles. The van der Waals surface area contributed by atoms with Crippen molar-refractivity contribution in [2.24, 2.45) is 0 Å². The van der Waals surface area contributed by atoms with E-state index in [9.17, 15) is 4.79 Å². The summed E-state index contributed by atoms with van der Waals surface area (Å²) in [6, 6.07) is 14.7. The molecule has 0 unspecified atom stereocenters. The number of rotatable bonds is 6. The Hall–Kier alpha value is -1.98. The number of benzene rings is 2. The largest absolute Gasteiger partial charge is 0.497 e. The van der Waals surface area contributed by atoms with Crippen LogP contribution in [-0.4, -0.2) is 23.9 Å². The Morgan fingerprint density at radius 1 is 1.14 bits per heavy atom. The average molecular weight is 303 g/mol. The molecule has 2 rings (SSSR count). The molecule has 0 saturated heterocycles. The molecule has 2 N–H and O–H groups in total. The van der Waals surface area contributed by atoms with Gasteiger partial charge in [-0.25, -0.2) is 0 Å². The lowest BCUT2D eigenvalue weighted by Crippen LogP contribution is -2.13. The first-order chi connectivity index (χ1) is 10.2. The van der Waals surface area contributed by atoms with Gasteiger partial charge in [-0.3, -0.25) is 4.79 Å². The normalized spacial score (nSPS) is 10.2. The number of amides is 1. The van der Waals surface area contributed by atoms with Crippen LogP contribution < -0.4 is 10.1 Å². The lowest BCUT2D eigenvalue weighted by molar-refractivity contribution is -0.113. The number of aliphatic hydroxyl groups is 1. The number of hydrogen-bond donors (Lipinski definition) is 2. The van der Waals surface area contributed by atoms with Crippen molar-refractivity contribution in [3.05, 3.63) is 54.1 Å². The minimum Gasteiger partial charge on any atom is -0.497 e. The summed E-state index contributed by atoms with van der Waals surface area (Å²) in [5.41, 5.74) is 1.61. The number of aliphatic hydroxyl groups excluding tert-OH is 1. The Bertz CT molecular complexity index is 581. The molecule has 0 bridgehead atoms. The Kier molecular flexibility index (Phi) is 5.66. The first kappa shape index (κ1) is 15.4. The predicted molar refractivity (Wildman–Crippen MR) is 84.7 cm³/mol. The highest BCUT2D eigenvalue weighted by atomic mass is 32.2. The molecule has 21 heavy (non-hydrogen) atoms. The molecule has 0 aliphatic heterocycles. The van der Waals surface area contributed by atoms with Gasteiger partial charge in [0.2, 0.25) is 5.91 Å². The quantitative estimate of drug-likeness (QED) is 0.806. The zero-order chi connectivity index (χ0) is 15.1. The number of carbonyl (C=O) groups is 1. The zero-order valence-electron chi connectivity index (χ0n) is 11.7. The molecule has 0 aromatic heterocycles. The van der Waals surface area contributed by atoms with Gasteiger partial charge in [0.1, 0.15) is 5.75 Å². The highest BCUT2D eigenvalue weighted by Crippen LogP contribution is 2.19. The SMILES string of the molecule is COc1ccc(NC(=O)CSc2ccc(CO)cc2)cc1. The number of carbonyl (C=O) groups excluding carboxylic acids is 1. The molecule has 0 radical (unpaired) electrons. The Labute approximate surface area is 128 Å². The van der Waals surface area contributed by atoms with Crippen molar-refractivity contribution in [3.8, 4) is 5.75 Å². The molecular weight excluding hydrogens is 286 g/mol. The molecule has 0 aliphatic rings. The molecule has 0 heterocycles. The highest BCUT2D eigenvalue weighted by molar-refractivity contribution is 8.00. The standard InChI is InChI=1S/C16H17NO3S/c1-20-14-6-4-13(5-7-14)17-16(19)11-21-15-8-2-12(10-18)3-9-15/h2-9,18H,10-11H2,1H3,(H,17,19). The summed E-state index contributed by atoms with van der Waals surface area (Å²) in [5, 5.41) is 11.8. The van der Waals surface area contributed by atoms with Crippen molar-refractivity contribution < 1.29 is 14.6 Å². The maximum absolute atomic E-state index is 11.9. The summed E-state index contributed by atoms with van der Waals surface area (Å²) >= 11 is 1.46. The van der Waals surface area contributed by atoms with Gasteiger partial charge in [-0.2, -0.15) is 0 Å². The van der Waals surface area contributed by atoms with Crippen molar-refractivity contribution in [2.45, 2.75) is 11.5 Å². The van der Waals surface area contributed by atoms with Gasteiger partial charge in [0, 0.05) is 10.6 Å². The number of thioether (sulfide) groups is 1. The molecular formula is C16H17NO3S. The van der Waals surface area contributed by atoms with Gasteiger partial charge in [-0.1, -0.05) is 12.1 Å². The van der Waals surface area contributed by atoms with Crippen LogP contribution in [0.4, 0.5) is 5.69 Å². The number of methoxy groups -OCH3 is 1. The highest BCUT2D eigenvalue weighted by Gasteiger charge is 2.04. The van der Waals surface area contributed by atoms with Crippen LogP contribution in [0.5, 0.6) is 5.75 Å². The molecule has 4 nitrogen and oxygen atoms in total. The van der Waals surface area contributed by atoms with E-state index in [0.717, 1.165) is 21.9 Å². The van der Waals surface area contributed by atoms with E-state index < -0.39 is 0 Å². The summed E-state index contributed by atoms with van der Waals surface area (Å²) in [7, 11) is 1.60. The van der Waals surface area contributed by atoms with Crippen molar-refractivity contribution in [1.29, 1.82) is 0 Å². The Morgan fingerprint density at radius 3 is 2.38 bits per heavy atom. The van der Waals surface area contributed by atoms with Crippen molar-refractivity contribution in [3.63, 3.8) is 0 Å². The molecule has 5 heteroatoms. The second-order valence-corrected chi connectivity index (χ2v) is 5.42. The fourth-order valence-corrected chi connectivity index (χ4v) is 2.41. The second-order valence-electron chi connectivity index (χ2n) is 4.37. The van der Waals surface area contributed by atoms with Crippen LogP contribution in [0.25, 0.3) is 0 Å². The molecule has 0 fully saturated rings. The van der Waals surface area contributed by atoms with Crippen LogP contribution in [0.3, 0.4) is 0 Å². The van der Waals surface area contributed by atoms with Crippen molar-refractivity contribution in [2.75, 3.05) is 18.2 Å². The maximum atomic E-state index is 11.9. The van der Waals surface area contributed by atoms with Crippen molar-refractivity contribution >= 4 is 23.4 Å². The van der Waals surface area contributed by atoms with Gasteiger partial charge < -0.3 is 15.2 Å². The van der Waals surface area contributed by atoms with Crippen molar-refractivity contribution in [1.82, 2.24) is 0 Å². The Morgan fingerprint density at radius 2 is 1.81 bits per heavy atom. The lowest BCUT2D eigenvalue weighted by atomic mass is 10.2. The minimum atomic E-state index is -0.0589. The fraction of sp³-hybridized carbons (Fsp3) is 0.188. The first-order valence-corrected chi connectivity index (χ1v) is 7.46. The molecule has 110 valence electrons. The fourth-order valence-electron chi connectivity index (χ4n) is 1.71. The smallest absolute Gasteiger partial charge is 0.234 e. The number of ether oxygens (including phenoxy) is 1. The maximum Gasteiger partial charge on any atom is 0.234 e. The van der Waals surface area contributed by atoms with E-state index in [1.807, 2.05) is 24.3 Å². The van der Waals surface area contributed by atoms with Gasteiger partial charge >= 0.3 is 0 Å². The summed E-state index contributed by atoms with van der Waals surface area (Å²) in [6.45, 7) is 0.0307. The van der Waals surface area contributed by atoms with Crippen LogP contribution in [0.15, 0.2) is 53.4 Å². The zero-order valence-corrected chi connectivity index (χ0v) is 12.5. The molecule has 0 atom stereocenters. The minimum absolute atomic E-state index is 0.0307. The van der Waals surface area contributed by atoms with E-state index in [0.29, 0.717) is 5.75 Å². The third-order valence-corrected chi connectivity index (χ3v) is 3.86. The molecule has 2 aromatic carbocycles. The summed E-state index contributed by atoms with van der Waals surface area (Å²) in [5.74, 6) is 1.03. The Balaban J connectivity index is 1.83. The topological polar surface area (TPSA) is 58.6 Å².